The third-order valence-electron chi connectivity index (χ3n) is 4.04. The predicted molar refractivity (Wildman–Crippen MR) is 98.3 cm³/mol. The molecular formula is C18H19ClN2OS. The molecule has 0 saturated carbocycles. The lowest BCUT2D eigenvalue weighted by Gasteiger charge is -2.32. The lowest BCUT2D eigenvalue weighted by molar-refractivity contribution is -0.117. The number of nitrogens with two attached hydrogens (primary N) is 1. The average Bonchev–Trinajstić information content (AvgIpc) is 2.56. The monoisotopic (exact) mass is 346 g/mol. The van der Waals surface area contributed by atoms with Crippen molar-refractivity contribution in [2.45, 2.75) is 29.9 Å². The fourth-order valence-corrected chi connectivity index (χ4v) is 4.10. The van der Waals surface area contributed by atoms with Crippen molar-refractivity contribution < 1.29 is 4.79 Å². The van der Waals surface area contributed by atoms with Crippen LogP contribution in [0.1, 0.15) is 18.9 Å². The number of halogens is 1. The van der Waals surface area contributed by atoms with Gasteiger partial charge in [0.05, 0.1) is 10.3 Å². The van der Waals surface area contributed by atoms with Crippen LogP contribution in [0.25, 0.3) is 0 Å². The van der Waals surface area contributed by atoms with Crippen LogP contribution >= 0.6 is 23.4 Å². The molecule has 1 unspecified atom stereocenters. The van der Waals surface area contributed by atoms with Crippen molar-refractivity contribution in [3.05, 3.63) is 53.1 Å². The van der Waals surface area contributed by atoms with E-state index in [4.69, 9.17) is 17.3 Å². The molecule has 2 aromatic rings. The van der Waals surface area contributed by atoms with Crippen LogP contribution in [0, 0.1) is 0 Å². The molecule has 0 aliphatic carbocycles. The van der Waals surface area contributed by atoms with Gasteiger partial charge in [0.15, 0.2) is 0 Å². The summed E-state index contributed by atoms with van der Waals surface area (Å²) in [6.07, 6.45) is 1.87. The van der Waals surface area contributed by atoms with Gasteiger partial charge in [0.25, 0.3) is 0 Å². The van der Waals surface area contributed by atoms with E-state index in [1.54, 1.807) is 0 Å². The second-order valence-corrected chi connectivity index (χ2v) is 7.42. The minimum atomic E-state index is -0.206. The Morgan fingerprint density at radius 2 is 2.04 bits per heavy atom. The highest BCUT2D eigenvalue weighted by Gasteiger charge is 2.27. The van der Waals surface area contributed by atoms with Gasteiger partial charge >= 0.3 is 0 Å². The van der Waals surface area contributed by atoms with E-state index in [0.29, 0.717) is 5.02 Å². The number of nitrogen functional groups attached to an aromatic ring is 1. The summed E-state index contributed by atoms with van der Waals surface area (Å²) in [6, 6.07) is 13.4. The molecule has 3 rings (SSSR count). The van der Waals surface area contributed by atoms with Crippen LogP contribution < -0.4 is 10.6 Å². The Kier molecular flexibility index (Phi) is 4.83. The zero-order valence-electron chi connectivity index (χ0n) is 13.0. The van der Waals surface area contributed by atoms with Crippen LogP contribution in [0.5, 0.6) is 0 Å². The van der Waals surface area contributed by atoms with Gasteiger partial charge < -0.3 is 10.6 Å². The lowest BCUT2D eigenvalue weighted by atomic mass is 9.99. The van der Waals surface area contributed by atoms with Crippen molar-refractivity contribution in [3.8, 4) is 0 Å². The topological polar surface area (TPSA) is 46.3 Å². The van der Waals surface area contributed by atoms with Crippen LogP contribution in [0.15, 0.2) is 47.4 Å². The van der Waals surface area contributed by atoms with Gasteiger partial charge in [-0.2, -0.15) is 0 Å². The van der Waals surface area contributed by atoms with E-state index in [9.17, 15) is 4.79 Å². The molecule has 0 fully saturated rings. The molecule has 0 radical (unpaired) electrons. The molecule has 23 heavy (non-hydrogen) atoms. The SMILES string of the molecule is CC(Sc1ccccc1Cl)C(=O)N1CCCc2c(N)cccc21. The number of fused-ring (bicyclic) bond motifs is 1. The van der Waals surface area contributed by atoms with Crippen LogP contribution in [-0.4, -0.2) is 17.7 Å². The first-order chi connectivity index (χ1) is 11.1. The number of carbonyl (C=O) groups is 1. The van der Waals surface area contributed by atoms with Gasteiger partial charge in [0.2, 0.25) is 5.91 Å². The average molecular weight is 347 g/mol. The summed E-state index contributed by atoms with van der Waals surface area (Å²) in [5, 5.41) is 0.475. The van der Waals surface area contributed by atoms with Gasteiger partial charge in [-0.1, -0.05) is 29.8 Å². The Balaban J connectivity index is 1.82. The predicted octanol–water partition coefficient (Wildman–Crippen LogP) is 4.38. The van der Waals surface area contributed by atoms with E-state index in [2.05, 4.69) is 0 Å². The van der Waals surface area contributed by atoms with Gasteiger partial charge in [0, 0.05) is 22.8 Å². The maximum atomic E-state index is 12.9. The first-order valence-corrected chi connectivity index (χ1v) is 8.93. The summed E-state index contributed by atoms with van der Waals surface area (Å²) in [6.45, 7) is 2.67. The quantitative estimate of drug-likeness (QED) is 0.662. The molecule has 2 aromatic carbocycles. The number of hydrogen-bond donors (Lipinski definition) is 1. The third-order valence-corrected chi connectivity index (χ3v) is 5.65. The first kappa shape index (κ1) is 16.2. The van der Waals surface area contributed by atoms with Crippen molar-refractivity contribution in [2.24, 2.45) is 0 Å². The van der Waals surface area contributed by atoms with E-state index in [1.807, 2.05) is 54.3 Å². The fraction of sp³-hybridized carbons (Fsp3) is 0.278. The third kappa shape index (κ3) is 3.33. The van der Waals surface area contributed by atoms with E-state index in [-0.39, 0.29) is 11.2 Å². The second-order valence-electron chi connectivity index (χ2n) is 5.63. The van der Waals surface area contributed by atoms with Crippen LogP contribution in [0.2, 0.25) is 5.02 Å². The minimum absolute atomic E-state index is 0.0986. The molecule has 120 valence electrons. The van der Waals surface area contributed by atoms with E-state index in [1.165, 1.54) is 11.8 Å². The summed E-state index contributed by atoms with van der Waals surface area (Å²) in [5.41, 5.74) is 8.87. The molecule has 0 aromatic heterocycles. The number of rotatable bonds is 3. The normalized spacial score (nSPS) is 15.1. The van der Waals surface area contributed by atoms with Crippen LogP contribution in [0.4, 0.5) is 11.4 Å². The highest BCUT2D eigenvalue weighted by atomic mass is 35.5. The summed E-state index contributed by atoms with van der Waals surface area (Å²) >= 11 is 7.69. The Morgan fingerprint density at radius 3 is 2.83 bits per heavy atom. The number of nitrogens with zero attached hydrogens (tertiary/aromatic N) is 1. The second kappa shape index (κ2) is 6.85. The van der Waals surface area contributed by atoms with Crippen molar-refractivity contribution in [1.29, 1.82) is 0 Å². The number of amides is 1. The summed E-state index contributed by atoms with van der Waals surface area (Å²) in [7, 11) is 0. The summed E-state index contributed by atoms with van der Waals surface area (Å²) in [5.74, 6) is 0.0986. The highest BCUT2D eigenvalue weighted by Crippen LogP contribution is 2.35. The number of hydrogen-bond acceptors (Lipinski definition) is 3. The molecule has 0 bridgehead atoms. The Labute approximate surface area is 145 Å². The molecule has 5 heteroatoms. The van der Waals surface area contributed by atoms with E-state index < -0.39 is 0 Å². The molecule has 2 N–H and O–H groups in total. The largest absolute Gasteiger partial charge is 0.398 e. The molecule has 0 spiro atoms. The zero-order chi connectivity index (χ0) is 16.4. The van der Waals surface area contributed by atoms with Gasteiger partial charge in [-0.3, -0.25) is 4.79 Å². The molecular weight excluding hydrogens is 328 g/mol. The Bertz CT molecular complexity index is 735. The Hall–Kier alpha value is -1.65. The van der Waals surface area contributed by atoms with E-state index >= 15 is 0 Å². The molecule has 1 atom stereocenters. The maximum Gasteiger partial charge on any atom is 0.240 e. The standard InChI is InChI=1S/C18H19ClN2OS/c1-12(23-17-10-3-2-7-14(17)19)18(22)21-11-5-6-13-15(20)8-4-9-16(13)21/h2-4,7-10,12H,5-6,11,20H2,1H3. The molecule has 1 amide bonds. The smallest absolute Gasteiger partial charge is 0.240 e. The number of benzene rings is 2. The number of carbonyl (C=O) groups excluding carboxylic acids is 1. The van der Waals surface area contributed by atoms with Crippen LogP contribution in [0.3, 0.4) is 0 Å². The lowest BCUT2D eigenvalue weighted by Crippen LogP contribution is -2.40. The summed E-state index contributed by atoms with van der Waals surface area (Å²) < 4.78 is 0. The van der Waals surface area contributed by atoms with Gasteiger partial charge in [-0.15, -0.1) is 11.8 Å². The first-order valence-electron chi connectivity index (χ1n) is 7.68. The van der Waals surface area contributed by atoms with Gasteiger partial charge in [0.1, 0.15) is 0 Å². The fourth-order valence-electron chi connectivity index (χ4n) is 2.88. The molecule has 0 saturated heterocycles. The Morgan fingerprint density at radius 1 is 1.26 bits per heavy atom. The number of anilines is 2. The van der Waals surface area contributed by atoms with Crippen LogP contribution in [-0.2, 0) is 11.2 Å². The van der Waals surface area contributed by atoms with Crippen molar-refractivity contribution in [2.75, 3.05) is 17.2 Å². The molecule has 1 aliphatic rings. The van der Waals surface area contributed by atoms with Gasteiger partial charge in [-0.25, -0.2) is 0 Å². The molecule has 1 aliphatic heterocycles. The van der Waals surface area contributed by atoms with Crippen molar-refractivity contribution in [3.63, 3.8) is 0 Å². The van der Waals surface area contributed by atoms with Crippen molar-refractivity contribution >= 4 is 40.6 Å². The minimum Gasteiger partial charge on any atom is -0.398 e. The van der Waals surface area contributed by atoms with Crippen molar-refractivity contribution in [1.82, 2.24) is 0 Å². The maximum absolute atomic E-state index is 12.9. The zero-order valence-corrected chi connectivity index (χ0v) is 14.5. The molecule has 3 nitrogen and oxygen atoms in total. The highest BCUT2D eigenvalue weighted by molar-refractivity contribution is 8.00. The number of thioether (sulfide) groups is 1. The summed E-state index contributed by atoms with van der Waals surface area (Å²) in [4.78, 5) is 15.7. The molecule has 1 heterocycles. The van der Waals surface area contributed by atoms with E-state index in [0.717, 1.165) is 41.2 Å². The van der Waals surface area contributed by atoms with Gasteiger partial charge in [-0.05, 0) is 49.6 Å².